The number of rotatable bonds is 3. The molecule has 8 heteroatoms. The lowest BCUT2D eigenvalue weighted by atomic mass is 10.1. The summed E-state index contributed by atoms with van der Waals surface area (Å²) in [7, 11) is -3.70. The molecule has 1 heterocycles. The molecule has 0 aliphatic carbocycles. The summed E-state index contributed by atoms with van der Waals surface area (Å²) < 4.78 is 63.9. The predicted octanol–water partition coefficient (Wildman–Crippen LogP) is 2.71. The number of alkyl halides is 3. The van der Waals surface area contributed by atoms with Crippen LogP contribution in [-0.2, 0) is 10.0 Å². The largest absolute Gasteiger partial charge is 0.401 e. The SMILES string of the molecule is O=S(=O)(c1ccc2ccccc2c1)N1CCN(CC(F)(F)F)CC1. The summed E-state index contributed by atoms with van der Waals surface area (Å²) in [6, 6.07) is 12.3. The molecule has 1 fully saturated rings. The zero-order valence-corrected chi connectivity index (χ0v) is 13.6. The number of fused-ring (bicyclic) bond motifs is 1. The van der Waals surface area contributed by atoms with Crippen molar-refractivity contribution in [1.29, 1.82) is 0 Å². The van der Waals surface area contributed by atoms with Gasteiger partial charge in [0.05, 0.1) is 11.4 Å². The van der Waals surface area contributed by atoms with Crippen molar-refractivity contribution in [1.82, 2.24) is 9.21 Å². The minimum atomic E-state index is -4.26. The van der Waals surface area contributed by atoms with Crippen LogP contribution < -0.4 is 0 Å². The van der Waals surface area contributed by atoms with Crippen molar-refractivity contribution in [2.45, 2.75) is 11.1 Å². The maximum atomic E-state index is 12.7. The second kappa shape index (κ2) is 6.34. The van der Waals surface area contributed by atoms with E-state index in [0.717, 1.165) is 10.8 Å². The van der Waals surface area contributed by atoms with Crippen LogP contribution in [0.15, 0.2) is 47.4 Å². The molecule has 1 aliphatic rings. The van der Waals surface area contributed by atoms with Crippen LogP contribution in [0.1, 0.15) is 0 Å². The van der Waals surface area contributed by atoms with Gasteiger partial charge < -0.3 is 0 Å². The molecule has 0 amide bonds. The molecular weight excluding hydrogens is 341 g/mol. The summed E-state index contributed by atoms with van der Waals surface area (Å²) in [5.41, 5.74) is 0. The minimum Gasteiger partial charge on any atom is -0.292 e. The van der Waals surface area contributed by atoms with E-state index >= 15 is 0 Å². The van der Waals surface area contributed by atoms with Crippen molar-refractivity contribution in [3.8, 4) is 0 Å². The third-order valence-corrected chi connectivity index (χ3v) is 5.99. The number of hydrogen-bond acceptors (Lipinski definition) is 3. The second-order valence-corrected chi connectivity index (χ2v) is 7.74. The number of benzene rings is 2. The fraction of sp³-hybridized carbons (Fsp3) is 0.375. The highest BCUT2D eigenvalue weighted by Gasteiger charge is 2.34. The van der Waals surface area contributed by atoms with E-state index in [-0.39, 0.29) is 31.1 Å². The van der Waals surface area contributed by atoms with E-state index in [1.807, 2.05) is 24.3 Å². The Kier molecular flexibility index (Phi) is 4.54. The van der Waals surface area contributed by atoms with Gasteiger partial charge in [-0.1, -0.05) is 30.3 Å². The zero-order chi connectivity index (χ0) is 17.4. The number of piperazine rings is 1. The molecule has 0 radical (unpaired) electrons. The fourth-order valence-electron chi connectivity index (χ4n) is 2.86. The molecule has 0 bridgehead atoms. The Morgan fingerprint density at radius 3 is 2.17 bits per heavy atom. The lowest BCUT2D eigenvalue weighted by Crippen LogP contribution is -2.50. The maximum Gasteiger partial charge on any atom is 0.401 e. The molecular formula is C16H17F3N2O2S. The molecule has 0 N–H and O–H groups in total. The molecule has 3 rings (SSSR count). The van der Waals surface area contributed by atoms with Crippen LogP contribution in [0, 0.1) is 0 Å². The molecule has 1 saturated heterocycles. The van der Waals surface area contributed by atoms with Gasteiger partial charge in [0.15, 0.2) is 0 Å². The standard InChI is InChI=1S/C16H17F3N2O2S/c17-16(18,19)12-20-7-9-21(10-8-20)24(22,23)15-6-5-13-3-1-2-4-14(13)11-15/h1-6,11H,7-10,12H2. The third kappa shape index (κ3) is 3.71. The lowest BCUT2D eigenvalue weighted by molar-refractivity contribution is -0.148. The Labute approximate surface area is 138 Å². The number of sulfonamides is 1. The Balaban J connectivity index is 1.76. The zero-order valence-electron chi connectivity index (χ0n) is 12.8. The Morgan fingerprint density at radius 2 is 1.54 bits per heavy atom. The normalized spacial score (nSPS) is 18.1. The Hall–Kier alpha value is -1.64. The summed E-state index contributed by atoms with van der Waals surface area (Å²) in [5.74, 6) is 0. The highest BCUT2D eigenvalue weighted by atomic mass is 32.2. The first-order valence-corrected chi connectivity index (χ1v) is 8.98. The molecule has 0 spiro atoms. The van der Waals surface area contributed by atoms with E-state index in [1.165, 1.54) is 9.21 Å². The number of nitrogens with zero attached hydrogens (tertiary/aromatic N) is 2. The van der Waals surface area contributed by atoms with Crippen LogP contribution in [-0.4, -0.2) is 56.5 Å². The first kappa shape index (κ1) is 17.2. The van der Waals surface area contributed by atoms with Crippen molar-refractivity contribution in [3.05, 3.63) is 42.5 Å². The third-order valence-electron chi connectivity index (χ3n) is 4.09. The van der Waals surface area contributed by atoms with Gasteiger partial charge >= 0.3 is 6.18 Å². The average Bonchev–Trinajstić information content (AvgIpc) is 2.53. The Bertz CT molecular complexity index is 829. The van der Waals surface area contributed by atoms with Gasteiger partial charge in [0.2, 0.25) is 10.0 Å². The van der Waals surface area contributed by atoms with Crippen LogP contribution in [0.5, 0.6) is 0 Å². The average molecular weight is 358 g/mol. The van der Waals surface area contributed by atoms with E-state index in [9.17, 15) is 21.6 Å². The topological polar surface area (TPSA) is 40.6 Å². The van der Waals surface area contributed by atoms with Crippen molar-refractivity contribution in [2.75, 3.05) is 32.7 Å². The molecule has 2 aromatic rings. The Morgan fingerprint density at radius 1 is 0.917 bits per heavy atom. The van der Waals surface area contributed by atoms with E-state index in [2.05, 4.69) is 0 Å². The summed E-state index contributed by atoms with van der Waals surface area (Å²) in [4.78, 5) is 1.40. The van der Waals surface area contributed by atoms with Gasteiger partial charge in [0.1, 0.15) is 0 Å². The first-order valence-electron chi connectivity index (χ1n) is 7.54. The molecule has 2 aromatic carbocycles. The molecule has 0 unspecified atom stereocenters. The van der Waals surface area contributed by atoms with Crippen LogP contribution in [0.4, 0.5) is 13.2 Å². The molecule has 24 heavy (non-hydrogen) atoms. The van der Waals surface area contributed by atoms with Crippen LogP contribution in [0.3, 0.4) is 0 Å². The predicted molar refractivity (Wildman–Crippen MR) is 85.2 cm³/mol. The van der Waals surface area contributed by atoms with Crippen molar-refractivity contribution >= 4 is 20.8 Å². The van der Waals surface area contributed by atoms with Gasteiger partial charge in [-0.25, -0.2) is 8.42 Å². The number of hydrogen-bond donors (Lipinski definition) is 0. The monoisotopic (exact) mass is 358 g/mol. The van der Waals surface area contributed by atoms with E-state index in [1.54, 1.807) is 18.2 Å². The van der Waals surface area contributed by atoms with Crippen molar-refractivity contribution in [2.24, 2.45) is 0 Å². The highest BCUT2D eigenvalue weighted by Crippen LogP contribution is 2.24. The van der Waals surface area contributed by atoms with E-state index in [4.69, 9.17) is 0 Å². The lowest BCUT2D eigenvalue weighted by Gasteiger charge is -2.34. The molecule has 0 saturated carbocycles. The van der Waals surface area contributed by atoms with Gasteiger partial charge in [-0.3, -0.25) is 4.90 Å². The van der Waals surface area contributed by atoms with Gasteiger partial charge in [0.25, 0.3) is 0 Å². The van der Waals surface area contributed by atoms with E-state index in [0.29, 0.717) is 0 Å². The summed E-state index contributed by atoms with van der Waals surface area (Å²) >= 11 is 0. The fourth-order valence-corrected chi connectivity index (χ4v) is 4.32. The molecule has 0 atom stereocenters. The van der Waals surface area contributed by atoms with Crippen molar-refractivity contribution in [3.63, 3.8) is 0 Å². The molecule has 130 valence electrons. The van der Waals surface area contributed by atoms with Gasteiger partial charge in [0, 0.05) is 26.2 Å². The number of halogens is 3. The molecule has 0 aromatic heterocycles. The van der Waals surface area contributed by atoms with E-state index < -0.39 is 22.7 Å². The highest BCUT2D eigenvalue weighted by molar-refractivity contribution is 7.89. The minimum absolute atomic E-state index is 0.0608. The summed E-state index contributed by atoms with van der Waals surface area (Å²) in [5, 5.41) is 1.75. The summed E-state index contributed by atoms with van der Waals surface area (Å²) in [6.07, 6.45) is -4.26. The quantitative estimate of drug-likeness (QED) is 0.847. The van der Waals surface area contributed by atoms with Crippen molar-refractivity contribution < 1.29 is 21.6 Å². The van der Waals surface area contributed by atoms with Gasteiger partial charge in [-0.15, -0.1) is 0 Å². The first-order chi connectivity index (χ1) is 11.3. The van der Waals surface area contributed by atoms with Gasteiger partial charge in [-0.05, 0) is 22.9 Å². The van der Waals surface area contributed by atoms with Gasteiger partial charge in [-0.2, -0.15) is 17.5 Å². The smallest absolute Gasteiger partial charge is 0.292 e. The molecule has 4 nitrogen and oxygen atoms in total. The summed E-state index contributed by atoms with van der Waals surface area (Å²) in [6.45, 7) is -0.730. The maximum absolute atomic E-state index is 12.7. The second-order valence-electron chi connectivity index (χ2n) is 5.80. The van der Waals surface area contributed by atoms with Crippen LogP contribution in [0.2, 0.25) is 0 Å². The molecule has 1 aliphatic heterocycles. The van der Waals surface area contributed by atoms with Crippen LogP contribution in [0.25, 0.3) is 10.8 Å². The van der Waals surface area contributed by atoms with Crippen LogP contribution >= 0.6 is 0 Å².